The van der Waals surface area contributed by atoms with Crippen LogP contribution in [0, 0.1) is 5.82 Å². The standard InChI is InChI=1S/C25H25FN6S/c26-20-6-3-5-18(13-20)16-33-25-31-30-24(32(25)12-4-7-21-15-27-17-29-21)11-10-19-14-28-23-9-2-1-8-22(19)23/h1-3,5-6,8-9,13-15,17,28H,4,7,10-12,16H2,(H,27,29). The number of aromatic amines is 2. The maximum absolute atomic E-state index is 13.6. The maximum atomic E-state index is 13.6. The van der Waals surface area contributed by atoms with Crippen LogP contribution in [0.15, 0.2) is 72.4 Å². The van der Waals surface area contributed by atoms with Gasteiger partial charge in [-0.25, -0.2) is 9.37 Å². The molecule has 0 saturated heterocycles. The average molecular weight is 461 g/mol. The molecule has 2 N–H and O–H groups in total. The molecule has 0 atom stereocenters. The van der Waals surface area contributed by atoms with Crippen LogP contribution in [0.4, 0.5) is 4.39 Å². The summed E-state index contributed by atoms with van der Waals surface area (Å²) in [6.45, 7) is 0.814. The summed E-state index contributed by atoms with van der Waals surface area (Å²) in [5.41, 5.74) is 4.42. The molecule has 0 aliphatic rings. The molecule has 5 aromatic rings. The summed E-state index contributed by atoms with van der Waals surface area (Å²) in [4.78, 5) is 10.7. The number of para-hydroxylation sites is 1. The van der Waals surface area contributed by atoms with Gasteiger partial charge in [-0.2, -0.15) is 0 Å². The average Bonchev–Trinajstić information content (AvgIpc) is 3.57. The first kappa shape index (κ1) is 21.5. The third kappa shape index (κ3) is 5.17. The molecule has 0 radical (unpaired) electrons. The van der Waals surface area contributed by atoms with Crippen LogP contribution in [0.25, 0.3) is 10.9 Å². The fourth-order valence-electron chi connectivity index (χ4n) is 4.04. The van der Waals surface area contributed by atoms with Gasteiger partial charge in [0.15, 0.2) is 5.16 Å². The molecular weight excluding hydrogens is 435 g/mol. The lowest BCUT2D eigenvalue weighted by molar-refractivity contribution is 0.566. The summed E-state index contributed by atoms with van der Waals surface area (Å²) < 4.78 is 15.8. The second kappa shape index (κ2) is 10.0. The van der Waals surface area contributed by atoms with Crippen molar-refractivity contribution in [2.45, 2.75) is 43.1 Å². The second-order valence-electron chi connectivity index (χ2n) is 7.99. The van der Waals surface area contributed by atoms with E-state index in [9.17, 15) is 4.39 Å². The molecule has 168 valence electrons. The highest BCUT2D eigenvalue weighted by molar-refractivity contribution is 7.98. The van der Waals surface area contributed by atoms with E-state index in [0.29, 0.717) is 5.75 Å². The first-order chi connectivity index (χ1) is 16.3. The van der Waals surface area contributed by atoms with E-state index in [-0.39, 0.29) is 5.82 Å². The lowest BCUT2D eigenvalue weighted by Gasteiger charge is -2.10. The molecule has 0 unspecified atom stereocenters. The van der Waals surface area contributed by atoms with Gasteiger partial charge >= 0.3 is 0 Å². The van der Waals surface area contributed by atoms with Crippen LogP contribution < -0.4 is 0 Å². The van der Waals surface area contributed by atoms with Crippen molar-refractivity contribution in [2.75, 3.05) is 0 Å². The van der Waals surface area contributed by atoms with Crippen molar-refractivity contribution in [3.05, 3.63) is 95.7 Å². The van der Waals surface area contributed by atoms with Crippen molar-refractivity contribution < 1.29 is 4.39 Å². The summed E-state index contributed by atoms with van der Waals surface area (Å²) >= 11 is 1.60. The van der Waals surface area contributed by atoms with Gasteiger partial charge in [0, 0.05) is 42.0 Å². The summed E-state index contributed by atoms with van der Waals surface area (Å²) in [5.74, 6) is 1.41. The van der Waals surface area contributed by atoms with Crippen molar-refractivity contribution in [1.29, 1.82) is 0 Å². The third-order valence-corrected chi connectivity index (χ3v) is 6.75. The number of rotatable bonds is 10. The minimum atomic E-state index is -0.215. The van der Waals surface area contributed by atoms with Crippen LogP contribution in [0.1, 0.15) is 29.1 Å². The van der Waals surface area contributed by atoms with Gasteiger partial charge in [0.25, 0.3) is 0 Å². The van der Waals surface area contributed by atoms with E-state index >= 15 is 0 Å². The molecule has 2 aromatic carbocycles. The molecule has 3 aromatic heterocycles. The predicted octanol–water partition coefficient (Wildman–Crippen LogP) is 5.33. The summed E-state index contributed by atoms with van der Waals surface area (Å²) in [6, 6.07) is 15.1. The van der Waals surface area contributed by atoms with Gasteiger partial charge in [-0.05, 0) is 48.6 Å². The van der Waals surface area contributed by atoms with Gasteiger partial charge in [0.2, 0.25) is 0 Å². The zero-order chi connectivity index (χ0) is 22.5. The van der Waals surface area contributed by atoms with E-state index in [4.69, 9.17) is 0 Å². The number of fused-ring (bicyclic) bond motifs is 1. The number of thioether (sulfide) groups is 1. The topological polar surface area (TPSA) is 75.2 Å². The normalized spacial score (nSPS) is 11.4. The molecule has 6 nitrogen and oxygen atoms in total. The van der Waals surface area contributed by atoms with E-state index in [1.165, 1.54) is 17.0 Å². The van der Waals surface area contributed by atoms with Crippen LogP contribution in [0.3, 0.4) is 0 Å². The number of imidazole rings is 1. The van der Waals surface area contributed by atoms with Crippen molar-refractivity contribution in [3.63, 3.8) is 0 Å². The number of hydrogen-bond acceptors (Lipinski definition) is 4. The molecule has 5 rings (SSSR count). The maximum Gasteiger partial charge on any atom is 0.191 e. The fraction of sp³-hybridized carbons (Fsp3) is 0.240. The molecule has 0 bridgehead atoms. The molecule has 0 spiro atoms. The van der Waals surface area contributed by atoms with E-state index < -0.39 is 0 Å². The zero-order valence-electron chi connectivity index (χ0n) is 18.2. The Balaban J connectivity index is 1.31. The summed E-state index contributed by atoms with van der Waals surface area (Å²) in [5, 5.41) is 11.1. The SMILES string of the molecule is Fc1cccc(CSc2nnc(CCc3c[nH]c4ccccc34)n2CCCc2c[nH]cn2)c1. The number of H-pyrrole nitrogens is 2. The monoisotopic (exact) mass is 460 g/mol. The minimum absolute atomic E-state index is 0.215. The molecule has 8 heteroatoms. The van der Waals surface area contributed by atoms with Crippen molar-refractivity contribution in [1.82, 2.24) is 29.7 Å². The second-order valence-corrected chi connectivity index (χ2v) is 8.94. The van der Waals surface area contributed by atoms with E-state index in [2.05, 4.69) is 54.1 Å². The Hall–Kier alpha value is -3.39. The van der Waals surface area contributed by atoms with Crippen LogP contribution in [-0.4, -0.2) is 29.7 Å². The zero-order valence-corrected chi connectivity index (χ0v) is 19.0. The summed E-state index contributed by atoms with van der Waals surface area (Å²) in [7, 11) is 0. The highest BCUT2D eigenvalue weighted by atomic mass is 32.2. The molecule has 0 aliphatic heterocycles. The predicted molar refractivity (Wildman–Crippen MR) is 129 cm³/mol. The van der Waals surface area contributed by atoms with E-state index in [0.717, 1.165) is 60.0 Å². The van der Waals surface area contributed by atoms with Crippen LogP contribution in [0.5, 0.6) is 0 Å². The fourth-order valence-corrected chi connectivity index (χ4v) is 4.97. The van der Waals surface area contributed by atoms with Gasteiger partial charge in [-0.15, -0.1) is 10.2 Å². The van der Waals surface area contributed by atoms with E-state index in [1.807, 2.05) is 18.3 Å². The molecule has 3 heterocycles. The lowest BCUT2D eigenvalue weighted by Crippen LogP contribution is -2.08. The number of aromatic nitrogens is 6. The number of benzene rings is 2. The Labute approximate surface area is 195 Å². The van der Waals surface area contributed by atoms with Gasteiger partial charge in [-0.1, -0.05) is 42.1 Å². The Kier molecular flexibility index (Phi) is 6.53. The van der Waals surface area contributed by atoms with Crippen LogP contribution >= 0.6 is 11.8 Å². The molecule has 0 saturated carbocycles. The minimum Gasteiger partial charge on any atom is -0.361 e. The van der Waals surface area contributed by atoms with Gasteiger partial charge in [-0.3, -0.25) is 0 Å². The molecule has 0 aliphatic carbocycles. The van der Waals surface area contributed by atoms with Crippen molar-refractivity contribution in [3.8, 4) is 0 Å². The highest BCUT2D eigenvalue weighted by Crippen LogP contribution is 2.24. The molecular formula is C25H25FN6S. The largest absolute Gasteiger partial charge is 0.361 e. The highest BCUT2D eigenvalue weighted by Gasteiger charge is 2.14. The third-order valence-electron chi connectivity index (χ3n) is 5.71. The molecule has 33 heavy (non-hydrogen) atoms. The molecule has 0 amide bonds. The quantitative estimate of drug-likeness (QED) is 0.276. The number of halogens is 1. The smallest absolute Gasteiger partial charge is 0.191 e. The van der Waals surface area contributed by atoms with Crippen LogP contribution in [0.2, 0.25) is 0 Å². The number of nitrogens with zero attached hydrogens (tertiary/aromatic N) is 4. The van der Waals surface area contributed by atoms with Crippen LogP contribution in [-0.2, 0) is 31.6 Å². The Morgan fingerprint density at radius 2 is 1.91 bits per heavy atom. The van der Waals surface area contributed by atoms with Gasteiger partial charge in [0.1, 0.15) is 11.6 Å². The lowest BCUT2D eigenvalue weighted by atomic mass is 10.1. The van der Waals surface area contributed by atoms with Gasteiger partial charge in [0.05, 0.1) is 12.0 Å². The Morgan fingerprint density at radius 1 is 0.970 bits per heavy atom. The number of nitrogens with one attached hydrogen (secondary N) is 2. The first-order valence-electron chi connectivity index (χ1n) is 11.1. The van der Waals surface area contributed by atoms with Gasteiger partial charge < -0.3 is 14.5 Å². The molecule has 0 fully saturated rings. The number of aryl methyl sites for hydroxylation is 3. The first-order valence-corrected chi connectivity index (χ1v) is 12.1. The van der Waals surface area contributed by atoms with Crippen molar-refractivity contribution in [2.24, 2.45) is 0 Å². The Morgan fingerprint density at radius 3 is 2.79 bits per heavy atom. The number of hydrogen-bond donors (Lipinski definition) is 2. The summed E-state index contributed by atoms with van der Waals surface area (Å²) in [6.07, 6.45) is 9.25. The van der Waals surface area contributed by atoms with E-state index in [1.54, 1.807) is 30.2 Å². The Bertz CT molecular complexity index is 1320. The van der Waals surface area contributed by atoms with Crippen molar-refractivity contribution >= 4 is 22.7 Å².